The summed E-state index contributed by atoms with van der Waals surface area (Å²) in [4.78, 5) is 11.9. The standard InChI is InChI=1S/C12H19ClN2O2/c1-8-11(13)10(15(4)14-8)6-9(16)7-12(2,3)17-5/h6-7H2,1-5H3. The van der Waals surface area contributed by atoms with Crippen molar-refractivity contribution in [2.75, 3.05) is 7.11 Å². The molecule has 1 rings (SSSR count). The van der Waals surface area contributed by atoms with Crippen LogP contribution in [0.1, 0.15) is 31.7 Å². The highest BCUT2D eigenvalue weighted by Gasteiger charge is 2.23. The molecule has 1 aromatic heterocycles. The number of nitrogens with zero attached hydrogens (tertiary/aromatic N) is 2. The molecule has 0 fully saturated rings. The summed E-state index contributed by atoms with van der Waals surface area (Å²) in [6, 6.07) is 0. The fourth-order valence-corrected chi connectivity index (χ4v) is 1.90. The molecule has 0 aliphatic carbocycles. The van der Waals surface area contributed by atoms with Crippen LogP contribution in [0.4, 0.5) is 0 Å². The predicted molar refractivity (Wildman–Crippen MR) is 67.4 cm³/mol. The molecule has 0 unspecified atom stereocenters. The van der Waals surface area contributed by atoms with Crippen molar-refractivity contribution in [2.45, 2.75) is 39.2 Å². The Balaban J connectivity index is 2.75. The Kier molecular flexibility index (Phi) is 4.33. The SMILES string of the molecule is COC(C)(C)CC(=O)Cc1c(Cl)c(C)nn1C. The van der Waals surface area contributed by atoms with E-state index in [1.807, 2.05) is 20.8 Å². The minimum absolute atomic E-state index is 0.0988. The third-order valence-electron chi connectivity index (χ3n) is 2.80. The third kappa shape index (κ3) is 3.54. The van der Waals surface area contributed by atoms with Gasteiger partial charge in [0.2, 0.25) is 0 Å². The Bertz CT molecular complexity index is 424. The molecule has 17 heavy (non-hydrogen) atoms. The Morgan fingerprint density at radius 3 is 2.53 bits per heavy atom. The maximum atomic E-state index is 11.9. The van der Waals surface area contributed by atoms with Crippen molar-refractivity contribution in [2.24, 2.45) is 7.05 Å². The normalized spacial score (nSPS) is 11.9. The largest absolute Gasteiger partial charge is 0.378 e. The zero-order valence-corrected chi connectivity index (χ0v) is 11.8. The Morgan fingerprint density at radius 2 is 2.12 bits per heavy atom. The lowest BCUT2D eigenvalue weighted by Gasteiger charge is -2.21. The minimum Gasteiger partial charge on any atom is -0.378 e. The van der Waals surface area contributed by atoms with E-state index in [1.54, 1.807) is 18.8 Å². The summed E-state index contributed by atoms with van der Waals surface area (Å²) >= 11 is 6.10. The zero-order chi connectivity index (χ0) is 13.2. The molecule has 0 aromatic carbocycles. The molecule has 0 saturated heterocycles. The summed E-state index contributed by atoms with van der Waals surface area (Å²) in [5.41, 5.74) is 1.08. The predicted octanol–water partition coefficient (Wildman–Crippen LogP) is 2.31. The number of hydrogen-bond donors (Lipinski definition) is 0. The number of carbonyl (C=O) groups excluding carboxylic acids is 1. The monoisotopic (exact) mass is 258 g/mol. The number of ketones is 1. The third-order valence-corrected chi connectivity index (χ3v) is 3.29. The van der Waals surface area contributed by atoms with E-state index in [0.29, 0.717) is 17.9 Å². The van der Waals surface area contributed by atoms with Gasteiger partial charge < -0.3 is 4.74 Å². The minimum atomic E-state index is -0.433. The first-order valence-corrected chi connectivity index (χ1v) is 5.89. The van der Waals surface area contributed by atoms with Crippen LogP contribution in [0.5, 0.6) is 0 Å². The summed E-state index contributed by atoms with van der Waals surface area (Å²) in [7, 11) is 3.40. The Labute approximate surface area is 107 Å². The van der Waals surface area contributed by atoms with Gasteiger partial charge in [-0.2, -0.15) is 5.10 Å². The van der Waals surface area contributed by atoms with Crippen molar-refractivity contribution in [3.63, 3.8) is 0 Å². The van der Waals surface area contributed by atoms with Crippen molar-refractivity contribution < 1.29 is 9.53 Å². The van der Waals surface area contributed by atoms with Gasteiger partial charge in [-0.3, -0.25) is 9.48 Å². The first-order chi connectivity index (χ1) is 7.76. The molecule has 0 saturated carbocycles. The smallest absolute Gasteiger partial charge is 0.141 e. The highest BCUT2D eigenvalue weighted by Crippen LogP contribution is 2.22. The van der Waals surface area contributed by atoms with E-state index in [-0.39, 0.29) is 5.78 Å². The molecule has 1 heterocycles. The second-order valence-corrected chi connectivity index (χ2v) is 5.20. The Morgan fingerprint density at radius 1 is 1.53 bits per heavy atom. The maximum absolute atomic E-state index is 11.9. The van der Waals surface area contributed by atoms with Crippen LogP contribution in [0, 0.1) is 6.92 Å². The van der Waals surface area contributed by atoms with Crippen LogP contribution in [-0.4, -0.2) is 28.3 Å². The molecule has 0 N–H and O–H groups in total. The number of ether oxygens (including phenoxy) is 1. The summed E-state index contributed by atoms with van der Waals surface area (Å²) < 4.78 is 6.90. The van der Waals surface area contributed by atoms with E-state index < -0.39 is 5.60 Å². The number of aryl methyl sites for hydroxylation is 2. The lowest BCUT2D eigenvalue weighted by Crippen LogP contribution is -2.27. The number of halogens is 1. The summed E-state index contributed by atoms with van der Waals surface area (Å²) in [6.07, 6.45) is 0.660. The number of rotatable bonds is 5. The van der Waals surface area contributed by atoms with Gasteiger partial charge in [0.1, 0.15) is 5.78 Å². The molecule has 0 aliphatic heterocycles. The van der Waals surface area contributed by atoms with E-state index in [9.17, 15) is 4.79 Å². The number of hydrogen-bond acceptors (Lipinski definition) is 3. The summed E-state index contributed by atoms with van der Waals surface area (Å²) in [5.74, 6) is 0.0988. The van der Waals surface area contributed by atoms with Crippen LogP contribution >= 0.6 is 11.6 Å². The van der Waals surface area contributed by atoms with E-state index in [1.165, 1.54) is 0 Å². The van der Waals surface area contributed by atoms with Gasteiger partial charge in [-0.1, -0.05) is 11.6 Å². The first kappa shape index (κ1) is 14.2. The van der Waals surface area contributed by atoms with Crippen molar-refractivity contribution in [3.8, 4) is 0 Å². The average Bonchev–Trinajstić information content (AvgIpc) is 2.44. The average molecular weight is 259 g/mol. The molecule has 96 valence electrons. The van der Waals surface area contributed by atoms with Crippen molar-refractivity contribution in [1.82, 2.24) is 9.78 Å². The number of carbonyl (C=O) groups is 1. The highest BCUT2D eigenvalue weighted by molar-refractivity contribution is 6.32. The molecule has 0 bridgehead atoms. The van der Waals surface area contributed by atoms with Gasteiger partial charge in [0.05, 0.1) is 22.0 Å². The topological polar surface area (TPSA) is 44.1 Å². The second-order valence-electron chi connectivity index (χ2n) is 4.83. The van der Waals surface area contributed by atoms with Gasteiger partial charge >= 0.3 is 0 Å². The van der Waals surface area contributed by atoms with Gasteiger partial charge in [-0.05, 0) is 20.8 Å². The fourth-order valence-electron chi connectivity index (χ4n) is 1.67. The molecule has 0 radical (unpaired) electrons. The van der Waals surface area contributed by atoms with Gasteiger partial charge in [0.25, 0.3) is 0 Å². The summed E-state index contributed by atoms with van der Waals surface area (Å²) in [6.45, 7) is 5.61. The fraction of sp³-hybridized carbons (Fsp3) is 0.667. The molecule has 0 atom stereocenters. The maximum Gasteiger partial charge on any atom is 0.141 e. The van der Waals surface area contributed by atoms with Crippen LogP contribution in [0.25, 0.3) is 0 Å². The van der Waals surface area contributed by atoms with Crippen LogP contribution in [0.15, 0.2) is 0 Å². The molecule has 0 aliphatic rings. The van der Waals surface area contributed by atoms with Crippen molar-refractivity contribution in [1.29, 1.82) is 0 Å². The quantitative estimate of drug-likeness (QED) is 0.814. The van der Waals surface area contributed by atoms with Gasteiger partial charge in [-0.15, -0.1) is 0 Å². The van der Waals surface area contributed by atoms with Gasteiger partial charge in [0, 0.05) is 27.0 Å². The van der Waals surface area contributed by atoms with Crippen LogP contribution in [-0.2, 0) is 23.0 Å². The van der Waals surface area contributed by atoms with Crippen molar-refractivity contribution >= 4 is 17.4 Å². The second kappa shape index (κ2) is 5.19. The first-order valence-electron chi connectivity index (χ1n) is 5.51. The summed E-state index contributed by atoms with van der Waals surface area (Å²) in [5, 5.41) is 4.76. The van der Waals surface area contributed by atoms with E-state index >= 15 is 0 Å². The van der Waals surface area contributed by atoms with Gasteiger partial charge in [-0.25, -0.2) is 0 Å². The number of methoxy groups -OCH3 is 1. The Hall–Kier alpha value is -0.870. The van der Waals surface area contributed by atoms with E-state index in [2.05, 4.69) is 5.10 Å². The van der Waals surface area contributed by atoms with Crippen molar-refractivity contribution in [3.05, 3.63) is 16.4 Å². The molecule has 1 aromatic rings. The molecular weight excluding hydrogens is 240 g/mol. The van der Waals surface area contributed by atoms with Crippen LogP contribution < -0.4 is 0 Å². The number of Topliss-reactive ketones (excluding diaryl/α,β-unsaturated/α-hetero) is 1. The molecule has 4 nitrogen and oxygen atoms in total. The van der Waals surface area contributed by atoms with Crippen LogP contribution in [0.3, 0.4) is 0 Å². The molecular formula is C12H19ClN2O2. The zero-order valence-electron chi connectivity index (χ0n) is 11.0. The van der Waals surface area contributed by atoms with E-state index in [4.69, 9.17) is 16.3 Å². The molecule has 0 spiro atoms. The highest BCUT2D eigenvalue weighted by atomic mass is 35.5. The lowest BCUT2D eigenvalue weighted by atomic mass is 9.99. The number of aromatic nitrogens is 2. The van der Waals surface area contributed by atoms with E-state index in [0.717, 1.165) is 11.4 Å². The van der Waals surface area contributed by atoms with Crippen LogP contribution in [0.2, 0.25) is 5.02 Å². The lowest BCUT2D eigenvalue weighted by molar-refractivity contribution is -0.123. The molecule has 0 amide bonds. The molecule has 5 heteroatoms. The van der Waals surface area contributed by atoms with Gasteiger partial charge in [0.15, 0.2) is 0 Å².